The summed E-state index contributed by atoms with van der Waals surface area (Å²) in [5, 5.41) is 0.0643. The van der Waals surface area contributed by atoms with Gasteiger partial charge in [0.15, 0.2) is 0 Å². The third kappa shape index (κ3) is 9.46. The Hall–Kier alpha value is -1.85. The van der Waals surface area contributed by atoms with Crippen molar-refractivity contribution in [3.8, 4) is 0 Å². The Kier molecular flexibility index (Phi) is 9.87. The lowest BCUT2D eigenvalue weighted by atomic mass is 10.0. The molecule has 0 saturated heterocycles. The van der Waals surface area contributed by atoms with Crippen molar-refractivity contribution in [1.29, 1.82) is 0 Å². The first kappa shape index (κ1) is 25.2. The van der Waals surface area contributed by atoms with E-state index in [1.165, 1.54) is 12.5 Å². The van der Waals surface area contributed by atoms with Crippen LogP contribution in [0.25, 0.3) is 0 Å². The summed E-state index contributed by atoms with van der Waals surface area (Å²) < 4.78 is 17.8. The van der Waals surface area contributed by atoms with E-state index in [1.54, 1.807) is 0 Å². The predicted molar refractivity (Wildman–Crippen MR) is 122 cm³/mol. The number of aryl methyl sites for hydroxylation is 1. The molecule has 0 aromatic heterocycles. The van der Waals surface area contributed by atoms with Gasteiger partial charge in [0.25, 0.3) is 0 Å². The van der Waals surface area contributed by atoms with Crippen LogP contribution in [0.4, 0.5) is 0 Å². The van der Waals surface area contributed by atoms with Gasteiger partial charge in [-0.25, -0.2) is 0 Å². The SMILES string of the molecule is C=CC[C@H](CCc1ccccc1)OC(CC(=C)O[Si](C)(C)C(C)(C)C)OC(C)=O. The van der Waals surface area contributed by atoms with E-state index in [0.29, 0.717) is 18.6 Å². The van der Waals surface area contributed by atoms with Gasteiger partial charge >= 0.3 is 5.97 Å². The molecule has 0 N–H and O–H groups in total. The van der Waals surface area contributed by atoms with Gasteiger partial charge in [-0.1, -0.05) is 63.8 Å². The van der Waals surface area contributed by atoms with Gasteiger partial charge in [-0.3, -0.25) is 4.79 Å². The third-order valence-corrected chi connectivity index (χ3v) is 9.68. The summed E-state index contributed by atoms with van der Waals surface area (Å²) in [6, 6.07) is 10.3. The van der Waals surface area contributed by atoms with Crippen molar-refractivity contribution in [2.24, 2.45) is 0 Å². The molecule has 0 radical (unpaired) electrons. The molecule has 0 aliphatic heterocycles. The monoisotopic (exact) mass is 418 g/mol. The lowest BCUT2D eigenvalue weighted by Gasteiger charge is -2.37. The van der Waals surface area contributed by atoms with E-state index in [-0.39, 0.29) is 17.1 Å². The molecule has 0 aliphatic carbocycles. The molecule has 0 saturated carbocycles. The lowest BCUT2D eigenvalue weighted by molar-refractivity contribution is -0.188. The van der Waals surface area contributed by atoms with Crippen molar-refractivity contribution in [2.75, 3.05) is 0 Å². The highest BCUT2D eigenvalue weighted by Gasteiger charge is 2.39. The highest BCUT2D eigenvalue weighted by atomic mass is 28.4. The number of hydrogen-bond acceptors (Lipinski definition) is 4. The first-order valence-corrected chi connectivity index (χ1v) is 13.2. The maximum Gasteiger partial charge on any atom is 0.304 e. The summed E-state index contributed by atoms with van der Waals surface area (Å²) >= 11 is 0. The minimum atomic E-state index is -2.00. The van der Waals surface area contributed by atoms with Crippen LogP contribution in [0.2, 0.25) is 18.1 Å². The zero-order valence-corrected chi connectivity index (χ0v) is 20.0. The third-order valence-electron chi connectivity index (χ3n) is 5.27. The molecule has 29 heavy (non-hydrogen) atoms. The van der Waals surface area contributed by atoms with Gasteiger partial charge in [0.2, 0.25) is 14.6 Å². The van der Waals surface area contributed by atoms with E-state index in [2.05, 4.69) is 59.2 Å². The van der Waals surface area contributed by atoms with Crippen LogP contribution in [-0.4, -0.2) is 26.7 Å². The molecule has 0 bridgehead atoms. The van der Waals surface area contributed by atoms with Gasteiger partial charge in [0.1, 0.15) is 0 Å². The second-order valence-electron chi connectivity index (χ2n) is 8.95. The fourth-order valence-corrected chi connectivity index (χ4v) is 3.77. The van der Waals surface area contributed by atoms with Crippen LogP contribution in [0.15, 0.2) is 55.3 Å². The molecule has 0 fully saturated rings. The van der Waals surface area contributed by atoms with Gasteiger partial charge in [-0.15, -0.1) is 6.58 Å². The van der Waals surface area contributed by atoms with Crippen LogP contribution in [0.3, 0.4) is 0 Å². The van der Waals surface area contributed by atoms with E-state index in [0.717, 1.165) is 12.8 Å². The molecular weight excluding hydrogens is 380 g/mol. The number of esters is 1. The molecule has 1 rings (SSSR count). The summed E-state index contributed by atoms with van der Waals surface area (Å²) in [5.41, 5.74) is 1.25. The second-order valence-corrected chi connectivity index (χ2v) is 13.7. The van der Waals surface area contributed by atoms with Crippen molar-refractivity contribution in [2.45, 2.75) is 83.9 Å². The molecule has 1 aromatic carbocycles. The van der Waals surface area contributed by atoms with Gasteiger partial charge in [0, 0.05) is 6.92 Å². The fourth-order valence-electron chi connectivity index (χ4n) is 2.66. The van der Waals surface area contributed by atoms with E-state index < -0.39 is 14.6 Å². The maximum atomic E-state index is 11.6. The molecule has 0 heterocycles. The van der Waals surface area contributed by atoms with Crippen molar-refractivity contribution in [3.63, 3.8) is 0 Å². The van der Waals surface area contributed by atoms with Gasteiger partial charge < -0.3 is 13.9 Å². The molecule has 0 aliphatic rings. The quantitative estimate of drug-likeness (QED) is 0.130. The Balaban J connectivity index is 2.76. The summed E-state index contributed by atoms with van der Waals surface area (Å²) in [5.74, 6) is 0.221. The Morgan fingerprint density at radius 2 is 1.83 bits per heavy atom. The number of carbonyl (C=O) groups excluding carboxylic acids is 1. The number of hydrogen-bond donors (Lipinski definition) is 0. The molecule has 0 spiro atoms. The van der Waals surface area contributed by atoms with Gasteiger partial charge in [-0.2, -0.15) is 0 Å². The fraction of sp³-hybridized carbons (Fsp3) is 0.542. The zero-order chi connectivity index (χ0) is 22.1. The number of carbonyl (C=O) groups is 1. The van der Waals surface area contributed by atoms with Crippen LogP contribution in [0, 0.1) is 0 Å². The van der Waals surface area contributed by atoms with Crippen molar-refractivity contribution in [1.82, 2.24) is 0 Å². The summed E-state index contributed by atoms with van der Waals surface area (Å²) in [6.07, 6.45) is 3.71. The summed E-state index contributed by atoms with van der Waals surface area (Å²) in [7, 11) is -2.00. The van der Waals surface area contributed by atoms with Crippen molar-refractivity contribution in [3.05, 3.63) is 60.9 Å². The molecule has 1 aromatic rings. The van der Waals surface area contributed by atoms with Crippen LogP contribution in [0.1, 0.15) is 52.5 Å². The molecule has 162 valence electrons. The van der Waals surface area contributed by atoms with Gasteiger partial charge in [-0.05, 0) is 43.0 Å². The number of ether oxygens (including phenoxy) is 2. The number of benzene rings is 1. The van der Waals surface area contributed by atoms with Crippen LogP contribution >= 0.6 is 0 Å². The normalized spacial score (nSPS) is 14.0. The average molecular weight is 419 g/mol. The minimum Gasteiger partial charge on any atom is -0.547 e. The second kappa shape index (κ2) is 11.4. The van der Waals surface area contributed by atoms with Crippen LogP contribution in [0.5, 0.6) is 0 Å². The van der Waals surface area contributed by atoms with E-state index in [1.807, 2.05) is 24.3 Å². The van der Waals surface area contributed by atoms with E-state index in [9.17, 15) is 4.79 Å². The molecule has 1 unspecified atom stereocenters. The Labute approximate surface area is 178 Å². The molecule has 4 nitrogen and oxygen atoms in total. The molecular formula is C24H38O4Si. The predicted octanol–water partition coefficient (Wildman–Crippen LogP) is 6.40. The topological polar surface area (TPSA) is 44.8 Å². The largest absolute Gasteiger partial charge is 0.547 e. The first-order valence-electron chi connectivity index (χ1n) is 10.3. The van der Waals surface area contributed by atoms with E-state index in [4.69, 9.17) is 13.9 Å². The Bertz CT molecular complexity index is 661. The van der Waals surface area contributed by atoms with E-state index >= 15 is 0 Å². The molecule has 2 atom stereocenters. The smallest absolute Gasteiger partial charge is 0.304 e. The lowest BCUT2D eigenvalue weighted by Crippen LogP contribution is -2.41. The molecule has 0 amide bonds. The number of rotatable bonds is 12. The summed E-state index contributed by atoms with van der Waals surface area (Å²) in [6.45, 7) is 20.2. The minimum absolute atomic E-state index is 0.0643. The highest BCUT2D eigenvalue weighted by Crippen LogP contribution is 2.38. The van der Waals surface area contributed by atoms with Crippen molar-refractivity contribution < 1.29 is 18.7 Å². The highest BCUT2D eigenvalue weighted by molar-refractivity contribution is 6.74. The van der Waals surface area contributed by atoms with Gasteiger partial charge in [0.05, 0.1) is 18.3 Å². The molecule has 5 heteroatoms. The maximum absolute atomic E-state index is 11.6. The van der Waals surface area contributed by atoms with Crippen LogP contribution < -0.4 is 0 Å². The zero-order valence-electron chi connectivity index (χ0n) is 19.0. The Morgan fingerprint density at radius 3 is 2.34 bits per heavy atom. The standard InChI is InChI=1S/C24H38O4Si/c1-9-13-22(17-16-21-14-11-10-12-15-21)27-23(26-20(3)25)18-19(2)28-29(7,8)24(4,5)6/h9-12,14-15,22-23H,1-2,13,16-18H2,3-8H3/t22-,23?/m1/s1. The first-order chi connectivity index (χ1) is 13.4. The summed E-state index contributed by atoms with van der Waals surface area (Å²) in [4.78, 5) is 11.6. The van der Waals surface area contributed by atoms with Crippen LogP contribution in [-0.2, 0) is 25.1 Å². The average Bonchev–Trinajstić information content (AvgIpc) is 2.58. The Morgan fingerprint density at radius 1 is 1.21 bits per heavy atom. The van der Waals surface area contributed by atoms with Crippen molar-refractivity contribution >= 4 is 14.3 Å².